The Kier molecular flexibility index (Phi) is 5.39. The molecule has 0 saturated carbocycles. The standard InChI is InChI=1S/C18H19ClN2O3S/c1-3-24-18(23)14-11-7-6-10(2)9-13(11)25-17(14)21-16(22)12-5-4-8-20-15(12)19/h4-5,8,10H,3,6-7,9H2,1-2H3,(H,21,22)/t10-/m0/s1. The minimum absolute atomic E-state index is 0.132. The van der Waals surface area contributed by atoms with Crippen LogP contribution in [0.25, 0.3) is 0 Å². The first-order chi connectivity index (χ1) is 12.0. The lowest BCUT2D eigenvalue weighted by Crippen LogP contribution is -2.17. The number of hydrogen-bond acceptors (Lipinski definition) is 5. The molecule has 1 amide bonds. The third-order valence-electron chi connectivity index (χ3n) is 4.22. The van der Waals surface area contributed by atoms with Crippen molar-refractivity contribution in [2.45, 2.75) is 33.1 Å². The van der Waals surface area contributed by atoms with E-state index in [0.717, 1.165) is 29.7 Å². The van der Waals surface area contributed by atoms with Crippen LogP contribution in [-0.4, -0.2) is 23.5 Å². The molecule has 1 aliphatic rings. The number of amides is 1. The molecule has 5 nitrogen and oxygen atoms in total. The Morgan fingerprint density at radius 1 is 1.48 bits per heavy atom. The summed E-state index contributed by atoms with van der Waals surface area (Å²) in [6.07, 6.45) is 4.28. The summed E-state index contributed by atoms with van der Waals surface area (Å²) in [5, 5.41) is 3.50. The zero-order valence-electron chi connectivity index (χ0n) is 14.1. The van der Waals surface area contributed by atoms with Crippen molar-refractivity contribution in [2.24, 2.45) is 5.92 Å². The molecule has 0 spiro atoms. The second-order valence-corrected chi connectivity index (χ2v) is 7.54. The van der Waals surface area contributed by atoms with Crippen LogP contribution < -0.4 is 5.32 Å². The van der Waals surface area contributed by atoms with E-state index in [9.17, 15) is 9.59 Å². The van der Waals surface area contributed by atoms with Crippen LogP contribution in [0.5, 0.6) is 0 Å². The largest absolute Gasteiger partial charge is 0.462 e. The summed E-state index contributed by atoms with van der Waals surface area (Å²) < 4.78 is 5.21. The van der Waals surface area contributed by atoms with E-state index in [0.29, 0.717) is 23.1 Å². The van der Waals surface area contributed by atoms with E-state index >= 15 is 0 Å². The number of thiophene rings is 1. The molecule has 0 aliphatic heterocycles. The summed E-state index contributed by atoms with van der Waals surface area (Å²) >= 11 is 7.45. The molecule has 2 aromatic heterocycles. The molecule has 0 saturated heterocycles. The van der Waals surface area contributed by atoms with E-state index in [2.05, 4.69) is 17.2 Å². The Bertz CT molecular complexity index is 819. The molecule has 1 N–H and O–H groups in total. The number of pyridine rings is 1. The second kappa shape index (κ2) is 7.54. The molecule has 2 heterocycles. The summed E-state index contributed by atoms with van der Waals surface area (Å²) in [6.45, 7) is 4.26. The van der Waals surface area contributed by atoms with E-state index in [1.807, 2.05) is 0 Å². The number of carbonyl (C=O) groups excluding carboxylic acids is 2. The molecule has 1 aliphatic carbocycles. The highest BCUT2D eigenvalue weighted by atomic mass is 35.5. The van der Waals surface area contributed by atoms with Crippen LogP contribution in [0.3, 0.4) is 0 Å². The van der Waals surface area contributed by atoms with Gasteiger partial charge in [-0.1, -0.05) is 18.5 Å². The predicted molar refractivity (Wildman–Crippen MR) is 98.7 cm³/mol. The van der Waals surface area contributed by atoms with Crippen molar-refractivity contribution < 1.29 is 14.3 Å². The molecule has 3 rings (SSSR count). The Morgan fingerprint density at radius 2 is 2.28 bits per heavy atom. The van der Waals surface area contributed by atoms with Crippen LogP contribution in [0.2, 0.25) is 5.15 Å². The van der Waals surface area contributed by atoms with Crippen LogP contribution in [0.4, 0.5) is 5.00 Å². The molecule has 0 fully saturated rings. The molecule has 0 radical (unpaired) electrons. The van der Waals surface area contributed by atoms with Crippen LogP contribution in [0.15, 0.2) is 18.3 Å². The van der Waals surface area contributed by atoms with Crippen molar-refractivity contribution in [1.29, 1.82) is 0 Å². The normalized spacial score (nSPS) is 16.2. The molecular formula is C18H19ClN2O3S. The molecule has 0 bridgehead atoms. The number of nitrogens with zero attached hydrogens (tertiary/aromatic N) is 1. The van der Waals surface area contributed by atoms with Gasteiger partial charge in [0.15, 0.2) is 0 Å². The molecule has 0 unspecified atom stereocenters. The van der Waals surface area contributed by atoms with Crippen molar-refractivity contribution in [1.82, 2.24) is 4.98 Å². The second-order valence-electron chi connectivity index (χ2n) is 6.07. The van der Waals surface area contributed by atoms with Crippen LogP contribution in [0, 0.1) is 5.92 Å². The lowest BCUT2D eigenvalue weighted by molar-refractivity contribution is 0.0526. The van der Waals surface area contributed by atoms with E-state index in [-0.39, 0.29) is 22.6 Å². The number of ether oxygens (including phenoxy) is 1. The van der Waals surface area contributed by atoms with Gasteiger partial charge in [0.1, 0.15) is 10.2 Å². The number of esters is 1. The number of carbonyl (C=O) groups is 2. The van der Waals surface area contributed by atoms with Gasteiger partial charge in [-0.2, -0.15) is 0 Å². The highest BCUT2D eigenvalue weighted by Crippen LogP contribution is 2.40. The minimum atomic E-state index is -0.387. The number of halogens is 1. The minimum Gasteiger partial charge on any atom is -0.462 e. The fraction of sp³-hybridized carbons (Fsp3) is 0.389. The van der Waals surface area contributed by atoms with Crippen molar-refractivity contribution in [3.8, 4) is 0 Å². The number of fused-ring (bicyclic) bond motifs is 1. The van der Waals surface area contributed by atoms with Gasteiger partial charge in [-0.05, 0) is 49.8 Å². The molecule has 7 heteroatoms. The molecule has 0 aromatic carbocycles. The van der Waals surface area contributed by atoms with E-state index in [1.54, 1.807) is 19.1 Å². The Balaban J connectivity index is 1.96. The van der Waals surface area contributed by atoms with Gasteiger partial charge in [-0.25, -0.2) is 9.78 Å². The Morgan fingerprint density at radius 3 is 3.00 bits per heavy atom. The average molecular weight is 379 g/mol. The Hall–Kier alpha value is -1.92. The van der Waals surface area contributed by atoms with Crippen molar-refractivity contribution in [3.05, 3.63) is 45.1 Å². The fourth-order valence-electron chi connectivity index (χ4n) is 2.98. The molecular weight excluding hydrogens is 360 g/mol. The Labute approximate surface area is 155 Å². The van der Waals surface area contributed by atoms with Crippen molar-refractivity contribution >= 4 is 39.8 Å². The number of hydrogen-bond donors (Lipinski definition) is 1. The lowest BCUT2D eigenvalue weighted by atomic mass is 9.88. The summed E-state index contributed by atoms with van der Waals surface area (Å²) in [4.78, 5) is 30.1. The summed E-state index contributed by atoms with van der Waals surface area (Å²) in [7, 11) is 0. The van der Waals surface area contributed by atoms with Crippen LogP contribution in [-0.2, 0) is 17.6 Å². The van der Waals surface area contributed by atoms with Crippen molar-refractivity contribution in [3.63, 3.8) is 0 Å². The quantitative estimate of drug-likeness (QED) is 0.634. The third-order valence-corrected chi connectivity index (χ3v) is 5.69. The maximum atomic E-state index is 12.6. The van der Waals surface area contributed by atoms with Gasteiger partial charge in [0.2, 0.25) is 0 Å². The summed E-state index contributed by atoms with van der Waals surface area (Å²) in [6, 6.07) is 3.25. The first-order valence-corrected chi connectivity index (χ1v) is 9.44. The monoisotopic (exact) mass is 378 g/mol. The molecule has 25 heavy (non-hydrogen) atoms. The highest BCUT2D eigenvalue weighted by Gasteiger charge is 2.29. The van der Waals surface area contributed by atoms with E-state index < -0.39 is 0 Å². The van der Waals surface area contributed by atoms with Crippen LogP contribution in [0.1, 0.15) is 51.4 Å². The topological polar surface area (TPSA) is 68.3 Å². The van der Waals surface area contributed by atoms with Gasteiger partial charge in [0, 0.05) is 11.1 Å². The first kappa shape index (κ1) is 17.9. The van der Waals surface area contributed by atoms with E-state index in [4.69, 9.17) is 16.3 Å². The van der Waals surface area contributed by atoms with Gasteiger partial charge in [-0.3, -0.25) is 4.79 Å². The molecule has 1 atom stereocenters. The lowest BCUT2D eigenvalue weighted by Gasteiger charge is -2.18. The van der Waals surface area contributed by atoms with Gasteiger partial charge in [0.25, 0.3) is 5.91 Å². The number of rotatable bonds is 4. The van der Waals surface area contributed by atoms with Gasteiger partial charge < -0.3 is 10.1 Å². The van der Waals surface area contributed by atoms with Crippen LogP contribution >= 0.6 is 22.9 Å². The fourth-order valence-corrected chi connectivity index (χ4v) is 4.58. The van der Waals surface area contributed by atoms with E-state index in [1.165, 1.54) is 17.5 Å². The third kappa shape index (κ3) is 3.70. The summed E-state index contributed by atoms with van der Waals surface area (Å²) in [5.41, 5.74) is 1.77. The first-order valence-electron chi connectivity index (χ1n) is 8.24. The van der Waals surface area contributed by atoms with Gasteiger partial charge >= 0.3 is 5.97 Å². The van der Waals surface area contributed by atoms with Gasteiger partial charge in [0.05, 0.1) is 17.7 Å². The summed E-state index contributed by atoms with van der Waals surface area (Å²) in [5.74, 6) is -0.199. The average Bonchev–Trinajstić information content (AvgIpc) is 2.92. The maximum Gasteiger partial charge on any atom is 0.341 e. The SMILES string of the molecule is CCOC(=O)c1c(NC(=O)c2cccnc2Cl)sc2c1CC[C@H](C)C2. The zero-order chi connectivity index (χ0) is 18.0. The maximum absolute atomic E-state index is 12.6. The molecule has 2 aromatic rings. The van der Waals surface area contributed by atoms with Gasteiger partial charge in [-0.15, -0.1) is 11.3 Å². The number of aromatic nitrogens is 1. The smallest absolute Gasteiger partial charge is 0.341 e. The van der Waals surface area contributed by atoms with Crippen molar-refractivity contribution in [2.75, 3.05) is 11.9 Å². The molecule has 132 valence electrons. The predicted octanol–water partition coefficient (Wildman–Crippen LogP) is 4.35. The highest BCUT2D eigenvalue weighted by molar-refractivity contribution is 7.17. The zero-order valence-corrected chi connectivity index (χ0v) is 15.7. The number of nitrogens with one attached hydrogen (secondary N) is 1. The number of anilines is 1.